The third-order valence-corrected chi connectivity index (χ3v) is 6.04. The van der Waals surface area contributed by atoms with E-state index in [0.717, 1.165) is 18.9 Å². The molecule has 2 rings (SSSR count). The maximum atomic E-state index is 14.3. The zero-order chi connectivity index (χ0) is 23.9. The minimum absolute atomic E-state index is 0.0623. The van der Waals surface area contributed by atoms with Crippen molar-refractivity contribution in [2.45, 2.75) is 58.9 Å². The summed E-state index contributed by atoms with van der Waals surface area (Å²) >= 11 is 0. The van der Waals surface area contributed by atoms with E-state index in [-0.39, 0.29) is 28.9 Å². The quantitative estimate of drug-likeness (QED) is 0.618. The summed E-state index contributed by atoms with van der Waals surface area (Å²) in [5.41, 5.74) is -0.948. The molecule has 1 heterocycles. The highest BCUT2D eigenvalue weighted by atomic mass is 19.1. The molecule has 1 aliphatic heterocycles. The number of nitrogens with zero attached hydrogens (tertiary/aromatic N) is 2. The molecule has 0 bridgehead atoms. The molecular weight excluding hydrogens is 413 g/mol. The number of amides is 2. The van der Waals surface area contributed by atoms with E-state index in [0.29, 0.717) is 32.5 Å². The van der Waals surface area contributed by atoms with Crippen LogP contribution in [-0.4, -0.2) is 47.9 Å². The van der Waals surface area contributed by atoms with E-state index in [1.165, 1.54) is 12.1 Å². The average Bonchev–Trinajstić information content (AvgIpc) is 2.74. The Bertz CT molecular complexity index is 886. The molecule has 1 aromatic carbocycles. The highest BCUT2D eigenvalue weighted by molar-refractivity contribution is 5.95. The second-order valence-corrected chi connectivity index (χ2v) is 8.72. The van der Waals surface area contributed by atoms with Crippen LogP contribution >= 0.6 is 0 Å². The summed E-state index contributed by atoms with van der Waals surface area (Å²) in [6.45, 7) is 8.63. The average molecular weight is 446 g/mol. The number of carbonyl (C=O) groups is 3. The van der Waals surface area contributed by atoms with Gasteiger partial charge in [-0.1, -0.05) is 6.92 Å². The molecule has 1 fully saturated rings. The van der Waals surface area contributed by atoms with Gasteiger partial charge in [0, 0.05) is 25.0 Å². The third-order valence-electron chi connectivity index (χ3n) is 6.04. The molecule has 1 atom stereocenters. The van der Waals surface area contributed by atoms with Gasteiger partial charge in [-0.05, 0) is 64.2 Å². The number of rotatable bonds is 8. The van der Waals surface area contributed by atoms with Crippen LogP contribution in [0.5, 0.6) is 0 Å². The highest BCUT2D eigenvalue weighted by Gasteiger charge is 2.39. The first-order valence-electron chi connectivity index (χ1n) is 11.1. The second kappa shape index (κ2) is 11.1. The predicted molar refractivity (Wildman–Crippen MR) is 117 cm³/mol. The standard InChI is InChI=1S/C24H32FN3O4/c1-5-19(23(31)28-11-9-16(10-12-28)14-21(29)32-6-2)24(3,4)27-22(30)18-8-7-17(15-26)13-20(18)25/h7-8,13,16,19H,5-6,9-12,14H2,1-4H3,(H,27,30). The molecule has 0 aliphatic carbocycles. The van der Waals surface area contributed by atoms with Gasteiger partial charge in [-0.25, -0.2) is 4.39 Å². The smallest absolute Gasteiger partial charge is 0.306 e. The van der Waals surface area contributed by atoms with Crippen LogP contribution in [0.4, 0.5) is 4.39 Å². The lowest BCUT2D eigenvalue weighted by Gasteiger charge is -2.39. The monoisotopic (exact) mass is 445 g/mol. The van der Waals surface area contributed by atoms with Gasteiger partial charge in [0.15, 0.2) is 0 Å². The van der Waals surface area contributed by atoms with Crippen LogP contribution in [0.3, 0.4) is 0 Å². The van der Waals surface area contributed by atoms with E-state index in [1.807, 2.05) is 13.0 Å². The summed E-state index contributed by atoms with van der Waals surface area (Å²) in [7, 11) is 0. The second-order valence-electron chi connectivity index (χ2n) is 8.72. The van der Waals surface area contributed by atoms with Gasteiger partial charge in [0.25, 0.3) is 5.91 Å². The van der Waals surface area contributed by atoms with E-state index < -0.39 is 23.2 Å². The first-order chi connectivity index (χ1) is 15.1. The highest BCUT2D eigenvalue weighted by Crippen LogP contribution is 2.28. The fourth-order valence-corrected chi connectivity index (χ4v) is 4.24. The zero-order valence-corrected chi connectivity index (χ0v) is 19.2. The molecule has 1 saturated heterocycles. The number of esters is 1. The molecule has 0 radical (unpaired) electrons. The van der Waals surface area contributed by atoms with Crippen molar-refractivity contribution < 1.29 is 23.5 Å². The number of benzene rings is 1. The molecule has 0 aromatic heterocycles. The van der Waals surface area contributed by atoms with Gasteiger partial charge in [-0.2, -0.15) is 5.26 Å². The van der Waals surface area contributed by atoms with Crippen LogP contribution in [0.1, 0.15) is 69.3 Å². The van der Waals surface area contributed by atoms with Crippen molar-refractivity contribution in [3.63, 3.8) is 0 Å². The summed E-state index contributed by atoms with van der Waals surface area (Å²) in [5, 5.41) is 11.7. The predicted octanol–water partition coefficient (Wildman–Crippen LogP) is 3.42. The first kappa shape index (κ1) is 25.3. The summed E-state index contributed by atoms with van der Waals surface area (Å²) in [6, 6.07) is 5.51. The first-order valence-corrected chi connectivity index (χ1v) is 11.1. The number of hydrogen-bond donors (Lipinski definition) is 1. The topological polar surface area (TPSA) is 99.5 Å². The Morgan fingerprint density at radius 1 is 1.28 bits per heavy atom. The fourth-order valence-electron chi connectivity index (χ4n) is 4.24. The Kier molecular flexibility index (Phi) is 8.76. The zero-order valence-electron chi connectivity index (χ0n) is 19.2. The SMILES string of the molecule is CCOC(=O)CC1CCN(C(=O)C(CC)C(C)(C)NC(=O)c2ccc(C#N)cc2F)CC1. The van der Waals surface area contributed by atoms with Crippen molar-refractivity contribution >= 4 is 17.8 Å². The Balaban J connectivity index is 2.02. The lowest BCUT2D eigenvalue weighted by atomic mass is 9.83. The summed E-state index contributed by atoms with van der Waals surface area (Å²) in [6.07, 6.45) is 2.32. The van der Waals surface area contributed by atoms with Gasteiger partial charge in [0.05, 0.1) is 29.7 Å². The van der Waals surface area contributed by atoms with E-state index in [9.17, 15) is 18.8 Å². The molecule has 8 heteroatoms. The van der Waals surface area contributed by atoms with Gasteiger partial charge < -0.3 is 15.0 Å². The number of nitrogens with one attached hydrogen (secondary N) is 1. The lowest BCUT2D eigenvalue weighted by Crippen LogP contribution is -2.55. The normalized spacial score (nSPS) is 15.6. The van der Waals surface area contributed by atoms with Crippen LogP contribution in [0, 0.1) is 29.0 Å². The van der Waals surface area contributed by atoms with Crippen molar-refractivity contribution in [3.05, 3.63) is 35.1 Å². The van der Waals surface area contributed by atoms with Crippen LogP contribution in [0.25, 0.3) is 0 Å². The van der Waals surface area contributed by atoms with Gasteiger partial charge in [-0.3, -0.25) is 14.4 Å². The maximum absolute atomic E-state index is 14.3. The summed E-state index contributed by atoms with van der Waals surface area (Å²) in [4.78, 5) is 39.4. The number of halogens is 1. The molecule has 1 aliphatic rings. The van der Waals surface area contributed by atoms with Crippen molar-refractivity contribution in [2.75, 3.05) is 19.7 Å². The van der Waals surface area contributed by atoms with E-state index in [4.69, 9.17) is 10.00 Å². The lowest BCUT2D eigenvalue weighted by molar-refractivity contribution is -0.145. The minimum Gasteiger partial charge on any atom is -0.466 e. The molecular formula is C24H32FN3O4. The van der Waals surface area contributed by atoms with Crippen molar-refractivity contribution in [1.29, 1.82) is 5.26 Å². The van der Waals surface area contributed by atoms with E-state index >= 15 is 0 Å². The Morgan fingerprint density at radius 2 is 1.94 bits per heavy atom. The number of piperidine rings is 1. The number of likely N-dealkylation sites (tertiary alicyclic amines) is 1. The molecule has 7 nitrogen and oxygen atoms in total. The molecule has 0 spiro atoms. The third kappa shape index (κ3) is 6.28. The van der Waals surface area contributed by atoms with Crippen molar-refractivity contribution in [1.82, 2.24) is 10.2 Å². The largest absolute Gasteiger partial charge is 0.466 e. The van der Waals surface area contributed by atoms with Crippen LogP contribution in [0.2, 0.25) is 0 Å². The van der Waals surface area contributed by atoms with Crippen molar-refractivity contribution in [3.8, 4) is 6.07 Å². The maximum Gasteiger partial charge on any atom is 0.306 e. The molecule has 1 aromatic rings. The number of ether oxygens (including phenoxy) is 1. The van der Waals surface area contributed by atoms with E-state index in [1.54, 1.807) is 25.7 Å². The van der Waals surface area contributed by atoms with Gasteiger partial charge in [0.2, 0.25) is 5.91 Å². The van der Waals surface area contributed by atoms with Crippen LogP contribution < -0.4 is 5.32 Å². The Hall–Kier alpha value is -2.95. The molecule has 1 N–H and O–H groups in total. The van der Waals surface area contributed by atoms with E-state index in [2.05, 4.69) is 5.32 Å². The van der Waals surface area contributed by atoms with Crippen molar-refractivity contribution in [2.24, 2.45) is 11.8 Å². The molecule has 174 valence electrons. The van der Waals surface area contributed by atoms with Crippen LogP contribution in [0.15, 0.2) is 18.2 Å². The Morgan fingerprint density at radius 3 is 2.47 bits per heavy atom. The Labute approximate surface area is 188 Å². The molecule has 0 saturated carbocycles. The molecule has 2 amide bonds. The minimum atomic E-state index is -0.912. The number of hydrogen-bond acceptors (Lipinski definition) is 5. The van der Waals surface area contributed by atoms with Gasteiger partial charge >= 0.3 is 5.97 Å². The van der Waals surface area contributed by atoms with Crippen LogP contribution in [-0.2, 0) is 14.3 Å². The summed E-state index contributed by atoms with van der Waals surface area (Å²) in [5.74, 6) is -1.97. The fraction of sp³-hybridized carbons (Fsp3) is 0.583. The number of nitriles is 1. The molecule has 32 heavy (non-hydrogen) atoms. The van der Waals surface area contributed by atoms with Gasteiger partial charge in [-0.15, -0.1) is 0 Å². The summed E-state index contributed by atoms with van der Waals surface area (Å²) < 4.78 is 19.3. The van der Waals surface area contributed by atoms with Gasteiger partial charge in [0.1, 0.15) is 5.82 Å². The molecule has 1 unspecified atom stereocenters. The number of carbonyl (C=O) groups excluding carboxylic acids is 3.